The quantitative estimate of drug-likeness (QED) is 0.318. The molecular weight excluding hydrogens is 438 g/mol. The van der Waals surface area contributed by atoms with Gasteiger partial charge in [0, 0.05) is 22.2 Å². The predicted octanol–water partition coefficient (Wildman–Crippen LogP) is 4.70. The molecule has 29 heavy (non-hydrogen) atoms. The molecule has 7 nitrogen and oxygen atoms in total. The van der Waals surface area contributed by atoms with Crippen LogP contribution < -0.4 is 10.2 Å². The number of carbonyl (C=O) groups is 1. The van der Waals surface area contributed by atoms with Crippen molar-refractivity contribution in [2.45, 2.75) is 6.61 Å². The maximum absolute atomic E-state index is 12.0. The van der Waals surface area contributed by atoms with E-state index in [1.54, 1.807) is 12.1 Å². The number of nitro benzene ring substituents is 1. The molecule has 0 bridgehead atoms. The maximum atomic E-state index is 12.0. The lowest BCUT2D eigenvalue weighted by atomic mass is 10.2. The fourth-order valence-electron chi connectivity index (χ4n) is 2.39. The molecule has 0 unspecified atom stereocenters. The summed E-state index contributed by atoms with van der Waals surface area (Å²) in [6, 6.07) is 20.6. The van der Waals surface area contributed by atoms with Gasteiger partial charge < -0.3 is 4.74 Å². The van der Waals surface area contributed by atoms with Crippen molar-refractivity contribution in [3.8, 4) is 5.75 Å². The largest absolute Gasteiger partial charge is 0.489 e. The fourth-order valence-corrected chi connectivity index (χ4v) is 2.65. The summed E-state index contributed by atoms with van der Waals surface area (Å²) in [5.74, 6) is 0.185. The number of hydrazone groups is 1. The highest BCUT2D eigenvalue weighted by atomic mass is 79.9. The van der Waals surface area contributed by atoms with E-state index in [2.05, 4.69) is 26.5 Å². The van der Waals surface area contributed by atoms with E-state index in [1.165, 1.54) is 30.5 Å². The second-order valence-electron chi connectivity index (χ2n) is 5.99. The van der Waals surface area contributed by atoms with Gasteiger partial charge in [0.05, 0.1) is 11.1 Å². The van der Waals surface area contributed by atoms with Crippen molar-refractivity contribution in [1.29, 1.82) is 0 Å². The van der Waals surface area contributed by atoms with Gasteiger partial charge in [0.2, 0.25) is 0 Å². The molecule has 3 aromatic carbocycles. The lowest BCUT2D eigenvalue weighted by Gasteiger charge is -2.06. The van der Waals surface area contributed by atoms with Crippen LogP contribution in [0, 0.1) is 10.1 Å². The molecule has 0 atom stereocenters. The SMILES string of the molecule is O=C(N/N=C/c1ccc(OCc2ccc(Br)cc2)cc1)c1cccc([N+](=O)[O-])c1. The number of hydrogen-bond acceptors (Lipinski definition) is 5. The number of rotatable bonds is 7. The van der Waals surface area contributed by atoms with Gasteiger partial charge in [-0.05, 0) is 53.6 Å². The van der Waals surface area contributed by atoms with Crippen molar-refractivity contribution in [2.24, 2.45) is 5.10 Å². The number of nitro groups is 1. The number of hydrogen-bond donors (Lipinski definition) is 1. The van der Waals surface area contributed by atoms with Crippen LogP contribution in [0.3, 0.4) is 0 Å². The first-order chi connectivity index (χ1) is 14.0. The van der Waals surface area contributed by atoms with Gasteiger partial charge in [-0.2, -0.15) is 5.10 Å². The normalized spacial score (nSPS) is 10.7. The summed E-state index contributed by atoms with van der Waals surface area (Å²) in [7, 11) is 0. The van der Waals surface area contributed by atoms with Crippen molar-refractivity contribution in [3.05, 3.63) is 104 Å². The molecule has 3 rings (SSSR count). The topological polar surface area (TPSA) is 93.8 Å². The Bertz CT molecular complexity index is 1030. The molecule has 0 aliphatic rings. The monoisotopic (exact) mass is 453 g/mol. The van der Waals surface area contributed by atoms with Crippen LogP contribution in [0.25, 0.3) is 0 Å². The molecule has 0 radical (unpaired) electrons. The minimum Gasteiger partial charge on any atom is -0.489 e. The van der Waals surface area contributed by atoms with Crippen LogP contribution in [0.15, 0.2) is 82.4 Å². The lowest BCUT2D eigenvalue weighted by Crippen LogP contribution is -2.17. The Morgan fingerprint density at radius 3 is 2.52 bits per heavy atom. The molecule has 146 valence electrons. The molecule has 1 N–H and O–H groups in total. The number of non-ortho nitro benzene ring substituents is 1. The second-order valence-corrected chi connectivity index (χ2v) is 6.91. The maximum Gasteiger partial charge on any atom is 0.271 e. The van der Waals surface area contributed by atoms with Crippen LogP contribution in [-0.2, 0) is 6.61 Å². The summed E-state index contributed by atoms with van der Waals surface area (Å²) in [6.45, 7) is 0.458. The van der Waals surface area contributed by atoms with Gasteiger partial charge in [0.1, 0.15) is 12.4 Å². The number of nitrogens with one attached hydrogen (secondary N) is 1. The number of halogens is 1. The first kappa shape index (κ1) is 20.2. The zero-order valence-corrected chi connectivity index (χ0v) is 16.7. The molecule has 8 heteroatoms. The number of amides is 1. The van der Waals surface area contributed by atoms with Gasteiger partial charge in [-0.25, -0.2) is 5.43 Å². The number of nitrogens with zero attached hydrogens (tertiary/aromatic N) is 2. The molecule has 0 saturated carbocycles. The smallest absolute Gasteiger partial charge is 0.271 e. The average Bonchev–Trinajstić information content (AvgIpc) is 2.74. The van der Waals surface area contributed by atoms with Crippen LogP contribution in [0.1, 0.15) is 21.5 Å². The standard InChI is InChI=1S/C21H16BrN3O4/c22-18-8-4-16(5-9-18)14-29-20-10-6-15(7-11-20)13-23-24-21(26)17-2-1-3-19(12-17)25(27)28/h1-13H,14H2,(H,24,26)/b23-13+. The molecule has 3 aromatic rings. The van der Waals surface area contributed by atoms with Gasteiger partial charge in [0.25, 0.3) is 11.6 Å². The molecule has 0 aromatic heterocycles. The van der Waals surface area contributed by atoms with Crippen LogP contribution in [0.2, 0.25) is 0 Å². The molecule has 0 saturated heterocycles. The highest BCUT2D eigenvalue weighted by Gasteiger charge is 2.10. The van der Waals surface area contributed by atoms with Gasteiger partial charge in [-0.1, -0.05) is 34.1 Å². The summed E-state index contributed by atoms with van der Waals surface area (Å²) >= 11 is 3.39. The van der Waals surface area contributed by atoms with Crippen LogP contribution in [0.5, 0.6) is 5.75 Å². The Morgan fingerprint density at radius 1 is 1.10 bits per heavy atom. The Hall–Kier alpha value is -3.52. The van der Waals surface area contributed by atoms with Crippen molar-refractivity contribution in [2.75, 3.05) is 0 Å². The van der Waals surface area contributed by atoms with Crippen molar-refractivity contribution in [3.63, 3.8) is 0 Å². The zero-order valence-electron chi connectivity index (χ0n) is 15.1. The van der Waals surface area contributed by atoms with E-state index in [9.17, 15) is 14.9 Å². The van der Waals surface area contributed by atoms with E-state index < -0.39 is 10.8 Å². The van der Waals surface area contributed by atoms with E-state index in [0.717, 1.165) is 15.6 Å². The predicted molar refractivity (Wildman–Crippen MR) is 113 cm³/mol. The van der Waals surface area contributed by atoms with Crippen LogP contribution in [-0.4, -0.2) is 17.0 Å². The Morgan fingerprint density at radius 2 is 1.83 bits per heavy atom. The number of benzene rings is 3. The number of carbonyl (C=O) groups excluding carboxylic acids is 1. The third-order valence-corrected chi connectivity index (χ3v) is 4.43. The van der Waals surface area contributed by atoms with E-state index in [-0.39, 0.29) is 11.3 Å². The van der Waals surface area contributed by atoms with Crippen LogP contribution in [0.4, 0.5) is 5.69 Å². The number of ether oxygens (including phenoxy) is 1. The van der Waals surface area contributed by atoms with Gasteiger partial charge in [0.15, 0.2) is 0 Å². The minimum atomic E-state index is -0.555. The van der Waals surface area contributed by atoms with Crippen molar-refractivity contribution < 1.29 is 14.5 Å². The summed E-state index contributed by atoms with van der Waals surface area (Å²) in [6.07, 6.45) is 1.48. The second kappa shape index (κ2) is 9.61. The molecule has 0 aliphatic heterocycles. The van der Waals surface area contributed by atoms with E-state index in [1.807, 2.05) is 36.4 Å². The fraction of sp³-hybridized carbons (Fsp3) is 0.0476. The first-order valence-corrected chi connectivity index (χ1v) is 9.36. The molecule has 0 spiro atoms. The van der Waals surface area contributed by atoms with Crippen molar-refractivity contribution in [1.82, 2.24) is 5.43 Å². The van der Waals surface area contributed by atoms with Gasteiger partial charge >= 0.3 is 0 Å². The molecule has 1 amide bonds. The Balaban J connectivity index is 1.53. The van der Waals surface area contributed by atoms with E-state index in [4.69, 9.17) is 4.74 Å². The summed E-state index contributed by atoms with van der Waals surface area (Å²) < 4.78 is 6.75. The minimum absolute atomic E-state index is 0.152. The first-order valence-electron chi connectivity index (χ1n) is 8.56. The summed E-state index contributed by atoms with van der Waals surface area (Å²) in [4.78, 5) is 22.3. The molecule has 0 heterocycles. The van der Waals surface area contributed by atoms with E-state index >= 15 is 0 Å². The summed E-state index contributed by atoms with van der Waals surface area (Å²) in [5.41, 5.74) is 4.18. The zero-order chi connectivity index (χ0) is 20.6. The van der Waals surface area contributed by atoms with Gasteiger partial charge in [-0.15, -0.1) is 0 Å². The third-order valence-electron chi connectivity index (χ3n) is 3.90. The molecule has 0 aliphatic carbocycles. The van der Waals surface area contributed by atoms with Gasteiger partial charge in [-0.3, -0.25) is 14.9 Å². The average molecular weight is 454 g/mol. The van der Waals surface area contributed by atoms with E-state index in [0.29, 0.717) is 12.4 Å². The molecular formula is C21H16BrN3O4. The Labute approximate surface area is 175 Å². The van der Waals surface area contributed by atoms with Crippen molar-refractivity contribution >= 4 is 33.7 Å². The lowest BCUT2D eigenvalue weighted by molar-refractivity contribution is -0.384. The Kier molecular flexibility index (Phi) is 6.70. The third kappa shape index (κ3) is 5.98. The highest BCUT2D eigenvalue weighted by molar-refractivity contribution is 9.10. The molecule has 0 fully saturated rings. The highest BCUT2D eigenvalue weighted by Crippen LogP contribution is 2.16. The summed E-state index contributed by atoms with van der Waals surface area (Å²) in [5, 5.41) is 14.7. The van der Waals surface area contributed by atoms with Crippen LogP contribution >= 0.6 is 15.9 Å².